The lowest BCUT2D eigenvalue weighted by molar-refractivity contribution is -0.141. The van der Waals surface area contributed by atoms with Crippen LogP contribution in [-0.2, 0) is 17.5 Å². The number of halogens is 3. The van der Waals surface area contributed by atoms with Crippen molar-refractivity contribution >= 4 is 16.8 Å². The molecule has 1 atom stereocenters. The average molecular weight is 448 g/mol. The number of benzene rings is 1. The van der Waals surface area contributed by atoms with E-state index in [1.54, 1.807) is 29.2 Å². The first-order chi connectivity index (χ1) is 15.2. The molecule has 0 radical (unpaired) electrons. The molecule has 168 valence electrons. The summed E-state index contributed by atoms with van der Waals surface area (Å²) in [6.07, 6.45) is -3.54. The summed E-state index contributed by atoms with van der Waals surface area (Å²) in [6, 6.07) is 8.18. The minimum absolute atomic E-state index is 0.0931. The van der Waals surface area contributed by atoms with E-state index in [-0.39, 0.29) is 30.6 Å². The Labute approximate surface area is 179 Å². The van der Waals surface area contributed by atoms with Gasteiger partial charge in [0, 0.05) is 13.2 Å². The van der Waals surface area contributed by atoms with Gasteiger partial charge in [-0.25, -0.2) is 4.98 Å². The fourth-order valence-corrected chi connectivity index (χ4v) is 3.62. The predicted molar refractivity (Wildman–Crippen MR) is 108 cm³/mol. The van der Waals surface area contributed by atoms with Crippen molar-refractivity contribution in [3.05, 3.63) is 74.2 Å². The molecule has 3 aromatic rings. The molecule has 1 aliphatic heterocycles. The lowest BCUT2D eigenvalue weighted by Gasteiger charge is -2.25. The third kappa shape index (κ3) is 4.57. The van der Waals surface area contributed by atoms with Crippen molar-refractivity contribution in [2.24, 2.45) is 0 Å². The molecule has 2 N–H and O–H groups in total. The van der Waals surface area contributed by atoms with Crippen LogP contribution in [0.5, 0.6) is 0 Å². The second-order valence-electron chi connectivity index (χ2n) is 7.46. The quantitative estimate of drug-likeness (QED) is 0.624. The van der Waals surface area contributed by atoms with Gasteiger partial charge in [0.2, 0.25) is 0 Å². The third-order valence-corrected chi connectivity index (χ3v) is 5.18. The van der Waals surface area contributed by atoms with Crippen LogP contribution in [0.1, 0.15) is 34.7 Å². The maximum absolute atomic E-state index is 13.1. The maximum atomic E-state index is 13.1. The molecule has 1 saturated heterocycles. The number of aromatic amines is 2. The molecule has 1 aromatic carbocycles. The molecule has 0 aliphatic carbocycles. The number of pyridine rings is 1. The van der Waals surface area contributed by atoms with Gasteiger partial charge in [-0.15, -0.1) is 0 Å². The van der Waals surface area contributed by atoms with Crippen LogP contribution in [0.25, 0.3) is 10.9 Å². The van der Waals surface area contributed by atoms with Crippen molar-refractivity contribution in [1.82, 2.24) is 19.9 Å². The van der Waals surface area contributed by atoms with E-state index in [1.807, 2.05) is 0 Å². The van der Waals surface area contributed by atoms with E-state index in [1.165, 1.54) is 4.90 Å². The molecule has 0 unspecified atom stereocenters. The van der Waals surface area contributed by atoms with Gasteiger partial charge in [-0.05, 0) is 37.1 Å². The fourth-order valence-electron chi connectivity index (χ4n) is 3.62. The first kappa shape index (κ1) is 21.8. The molecule has 1 amide bonds. The van der Waals surface area contributed by atoms with Crippen LogP contribution in [0, 0.1) is 0 Å². The topological polar surface area (TPSA) is 108 Å². The van der Waals surface area contributed by atoms with Gasteiger partial charge < -0.3 is 19.6 Å². The van der Waals surface area contributed by atoms with E-state index in [0.717, 1.165) is 12.5 Å². The minimum Gasteiger partial charge on any atom is -0.376 e. The molecule has 1 fully saturated rings. The van der Waals surface area contributed by atoms with Crippen molar-refractivity contribution in [2.45, 2.75) is 31.7 Å². The number of fused-ring (bicyclic) bond motifs is 1. The number of rotatable bonds is 5. The number of carbonyl (C=O) groups excluding carboxylic acids is 1. The maximum Gasteiger partial charge on any atom is 0.431 e. The average Bonchev–Trinajstić information content (AvgIpc) is 3.25. The smallest absolute Gasteiger partial charge is 0.376 e. The van der Waals surface area contributed by atoms with Gasteiger partial charge in [0.05, 0.1) is 23.6 Å². The molecular formula is C21H19F3N4O4. The van der Waals surface area contributed by atoms with E-state index in [0.29, 0.717) is 30.0 Å². The van der Waals surface area contributed by atoms with Crippen LogP contribution >= 0.6 is 0 Å². The number of carbonyl (C=O) groups is 1. The number of ether oxygens (including phenoxy) is 1. The number of nitrogens with zero attached hydrogens (tertiary/aromatic N) is 2. The summed E-state index contributed by atoms with van der Waals surface area (Å²) in [5, 5.41) is 0.382. The Hall–Kier alpha value is -3.47. The fraction of sp³-hybridized carbons (Fsp3) is 0.333. The number of H-pyrrole nitrogens is 2. The number of hydrogen-bond donors (Lipinski definition) is 2. The van der Waals surface area contributed by atoms with Crippen LogP contribution < -0.4 is 11.1 Å². The Kier molecular flexibility index (Phi) is 5.83. The van der Waals surface area contributed by atoms with Gasteiger partial charge in [0.15, 0.2) is 0 Å². The highest BCUT2D eigenvalue weighted by Gasteiger charge is 2.33. The van der Waals surface area contributed by atoms with Crippen molar-refractivity contribution in [3.63, 3.8) is 0 Å². The van der Waals surface area contributed by atoms with E-state index >= 15 is 0 Å². The molecule has 3 heterocycles. The molecule has 8 nitrogen and oxygen atoms in total. The molecule has 1 aliphatic rings. The van der Waals surface area contributed by atoms with Crippen LogP contribution in [-0.4, -0.2) is 45.0 Å². The largest absolute Gasteiger partial charge is 0.431 e. The van der Waals surface area contributed by atoms with Gasteiger partial charge in [0.1, 0.15) is 17.1 Å². The van der Waals surface area contributed by atoms with Crippen LogP contribution in [0.3, 0.4) is 0 Å². The van der Waals surface area contributed by atoms with E-state index in [4.69, 9.17) is 4.74 Å². The minimum atomic E-state index is -4.74. The van der Waals surface area contributed by atoms with Gasteiger partial charge in [-0.2, -0.15) is 13.2 Å². The summed E-state index contributed by atoms with van der Waals surface area (Å²) in [5.41, 5.74) is -2.79. The van der Waals surface area contributed by atoms with E-state index in [9.17, 15) is 27.6 Å². The van der Waals surface area contributed by atoms with Crippen molar-refractivity contribution in [2.75, 3.05) is 13.2 Å². The highest BCUT2D eigenvalue weighted by molar-refractivity contribution is 5.93. The number of hydrogen-bond acceptors (Lipinski definition) is 5. The Balaban J connectivity index is 1.67. The second kappa shape index (κ2) is 8.58. The number of para-hydroxylation sites is 1. The van der Waals surface area contributed by atoms with Gasteiger partial charge >= 0.3 is 6.18 Å². The monoisotopic (exact) mass is 448 g/mol. The lowest BCUT2D eigenvalue weighted by Crippen LogP contribution is -2.40. The molecule has 11 heteroatoms. The SMILES string of the molecule is O=C(c1ccc(C(F)(F)F)[nH]c1=O)N(Cc1nc2ccccc2c(=O)[nH]1)C[C@@H]1CCCO1. The van der Waals surface area contributed by atoms with Gasteiger partial charge in [0.25, 0.3) is 17.0 Å². The molecule has 2 aromatic heterocycles. The van der Waals surface area contributed by atoms with E-state index in [2.05, 4.69) is 9.97 Å². The Morgan fingerprint density at radius 3 is 2.59 bits per heavy atom. The lowest BCUT2D eigenvalue weighted by atomic mass is 10.1. The van der Waals surface area contributed by atoms with Crippen molar-refractivity contribution in [3.8, 4) is 0 Å². The van der Waals surface area contributed by atoms with Crippen LogP contribution in [0.15, 0.2) is 46.0 Å². The first-order valence-corrected chi connectivity index (χ1v) is 9.92. The molecule has 0 spiro atoms. The zero-order valence-corrected chi connectivity index (χ0v) is 16.7. The summed E-state index contributed by atoms with van der Waals surface area (Å²) in [5.74, 6) is -0.602. The highest BCUT2D eigenvalue weighted by Crippen LogP contribution is 2.26. The zero-order chi connectivity index (χ0) is 22.9. The summed E-state index contributed by atoms with van der Waals surface area (Å²) in [6.45, 7) is 0.466. The van der Waals surface area contributed by atoms with Crippen molar-refractivity contribution < 1.29 is 22.7 Å². The molecule has 0 saturated carbocycles. The second-order valence-corrected chi connectivity index (χ2v) is 7.46. The predicted octanol–water partition coefficient (Wildman–Crippen LogP) is 2.45. The molecule has 0 bridgehead atoms. The number of aromatic nitrogens is 3. The Bertz CT molecular complexity index is 1260. The molecule has 32 heavy (non-hydrogen) atoms. The highest BCUT2D eigenvalue weighted by atomic mass is 19.4. The standard InChI is InChI=1S/C21H19F3N4O4/c22-21(23,24)16-8-7-14(19(30)26-16)20(31)28(10-12-4-3-9-32-12)11-17-25-15-6-2-1-5-13(15)18(29)27-17/h1-2,5-8,12H,3-4,9-11H2,(H,26,30)(H,25,27,29)/t12-/m0/s1. The number of alkyl halides is 3. The summed E-state index contributed by atoms with van der Waals surface area (Å²) in [4.78, 5) is 47.7. The van der Waals surface area contributed by atoms with Gasteiger partial charge in [-0.3, -0.25) is 14.4 Å². The third-order valence-electron chi connectivity index (χ3n) is 5.18. The van der Waals surface area contributed by atoms with Crippen LogP contribution in [0.2, 0.25) is 0 Å². The summed E-state index contributed by atoms with van der Waals surface area (Å²) in [7, 11) is 0. The van der Waals surface area contributed by atoms with Gasteiger partial charge in [-0.1, -0.05) is 12.1 Å². The Morgan fingerprint density at radius 2 is 1.91 bits per heavy atom. The first-order valence-electron chi connectivity index (χ1n) is 9.92. The van der Waals surface area contributed by atoms with E-state index < -0.39 is 28.9 Å². The Morgan fingerprint density at radius 1 is 1.12 bits per heavy atom. The summed E-state index contributed by atoms with van der Waals surface area (Å²) < 4.78 is 44.2. The van der Waals surface area contributed by atoms with Crippen molar-refractivity contribution in [1.29, 1.82) is 0 Å². The molecular weight excluding hydrogens is 429 g/mol. The summed E-state index contributed by atoms with van der Waals surface area (Å²) >= 11 is 0. The zero-order valence-electron chi connectivity index (χ0n) is 16.7. The number of amides is 1. The number of nitrogens with one attached hydrogen (secondary N) is 2. The normalized spacial score (nSPS) is 16.4. The van der Waals surface area contributed by atoms with Crippen LogP contribution in [0.4, 0.5) is 13.2 Å². The molecule has 4 rings (SSSR count).